The zero-order valence-electron chi connectivity index (χ0n) is 13.4. The molecule has 0 aliphatic carbocycles. The summed E-state index contributed by atoms with van der Waals surface area (Å²) in [5, 5.41) is 9.82. The van der Waals surface area contributed by atoms with E-state index < -0.39 is 11.9 Å². The van der Waals surface area contributed by atoms with Crippen molar-refractivity contribution in [2.24, 2.45) is 10.9 Å². The maximum absolute atomic E-state index is 12.0. The van der Waals surface area contributed by atoms with Crippen LogP contribution >= 0.6 is 15.9 Å². The number of nitrogens with zero attached hydrogens (tertiary/aromatic N) is 2. The molecule has 0 amide bonds. The van der Waals surface area contributed by atoms with Gasteiger partial charge in [0.25, 0.3) is 0 Å². The van der Waals surface area contributed by atoms with Crippen molar-refractivity contribution < 1.29 is 9.90 Å². The van der Waals surface area contributed by atoms with Crippen molar-refractivity contribution in [1.82, 2.24) is 4.98 Å². The van der Waals surface area contributed by atoms with Gasteiger partial charge in [0.15, 0.2) is 0 Å². The molecule has 1 aliphatic heterocycles. The fourth-order valence-corrected chi connectivity index (χ4v) is 3.55. The molecule has 4 nitrogen and oxygen atoms in total. The highest BCUT2D eigenvalue weighted by atomic mass is 79.9. The molecule has 24 heavy (non-hydrogen) atoms. The van der Waals surface area contributed by atoms with Crippen molar-refractivity contribution in [3.05, 3.63) is 70.1 Å². The van der Waals surface area contributed by atoms with Crippen LogP contribution < -0.4 is 0 Å². The molecule has 0 saturated heterocycles. The standard InChI is InChI=1S/C19H17BrN2O2/c1-11-16(14-4-3-9-21-10-14)18(13-5-7-15(20)8-6-13)17(19(23)24)12(2)22-11/h3-10,17-18H,1-2H3,(H,23,24). The maximum atomic E-state index is 12.0. The third-order valence-electron chi connectivity index (χ3n) is 4.30. The van der Waals surface area contributed by atoms with Crippen molar-refractivity contribution in [3.8, 4) is 0 Å². The summed E-state index contributed by atoms with van der Waals surface area (Å²) >= 11 is 3.44. The number of benzene rings is 1. The number of hydrogen-bond donors (Lipinski definition) is 1. The Hall–Kier alpha value is -2.27. The Balaban J connectivity index is 2.23. The van der Waals surface area contributed by atoms with Gasteiger partial charge in [-0.1, -0.05) is 34.1 Å². The zero-order chi connectivity index (χ0) is 17.3. The van der Waals surface area contributed by atoms with Crippen LogP contribution in [0.25, 0.3) is 5.57 Å². The molecule has 0 fully saturated rings. The van der Waals surface area contributed by atoms with Crippen LogP contribution in [0.1, 0.15) is 30.9 Å². The van der Waals surface area contributed by atoms with E-state index in [0.717, 1.165) is 26.9 Å². The Labute approximate surface area is 149 Å². The monoisotopic (exact) mass is 384 g/mol. The lowest BCUT2D eigenvalue weighted by Crippen LogP contribution is -2.32. The van der Waals surface area contributed by atoms with Gasteiger partial charge in [-0.3, -0.25) is 14.8 Å². The fourth-order valence-electron chi connectivity index (χ4n) is 3.29. The Morgan fingerprint density at radius 3 is 2.46 bits per heavy atom. The summed E-state index contributed by atoms with van der Waals surface area (Å²) in [6.07, 6.45) is 3.47. The van der Waals surface area contributed by atoms with E-state index in [2.05, 4.69) is 25.9 Å². The van der Waals surface area contributed by atoms with E-state index in [9.17, 15) is 9.90 Å². The van der Waals surface area contributed by atoms with Crippen LogP contribution in [0, 0.1) is 5.92 Å². The van der Waals surface area contributed by atoms with E-state index >= 15 is 0 Å². The molecule has 0 bridgehead atoms. The minimum absolute atomic E-state index is 0.294. The predicted octanol–water partition coefficient (Wildman–Crippen LogP) is 4.53. The Kier molecular flexibility index (Phi) is 4.62. The molecule has 3 rings (SSSR count). The number of hydrogen-bond acceptors (Lipinski definition) is 3. The van der Waals surface area contributed by atoms with Gasteiger partial charge in [-0.15, -0.1) is 0 Å². The predicted molar refractivity (Wildman–Crippen MR) is 97.9 cm³/mol. The third kappa shape index (κ3) is 3.04. The molecule has 1 aromatic heterocycles. The first-order chi connectivity index (χ1) is 11.5. The van der Waals surface area contributed by atoms with Gasteiger partial charge in [0.2, 0.25) is 0 Å². The molecular weight excluding hydrogens is 368 g/mol. The highest BCUT2D eigenvalue weighted by molar-refractivity contribution is 9.10. The lowest BCUT2D eigenvalue weighted by molar-refractivity contribution is -0.139. The number of carboxylic acids is 1. The second-order valence-electron chi connectivity index (χ2n) is 5.84. The Bertz CT molecular complexity index is 826. The number of aliphatic carboxylic acids is 1. The van der Waals surface area contributed by atoms with E-state index in [1.807, 2.05) is 43.3 Å². The molecule has 0 saturated carbocycles. The molecule has 1 N–H and O–H groups in total. The SMILES string of the molecule is CC1=NC(C)=C(c2cccnc2)C(c2ccc(Br)cc2)C1C(=O)O. The van der Waals surface area contributed by atoms with Crippen molar-refractivity contribution >= 4 is 33.2 Å². The van der Waals surface area contributed by atoms with Gasteiger partial charge in [0, 0.05) is 34.2 Å². The van der Waals surface area contributed by atoms with E-state index in [-0.39, 0.29) is 5.92 Å². The van der Waals surface area contributed by atoms with Gasteiger partial charge in [-0.25, -0.2) is 0 Å². The second kappa shape index (κ2) is 6.69. The minimum atomic E-state index is -0.863. The number of carbonyl (C=O) groups is 1. The quantitative estimate of drug-likeness (QED) is 0.844. The van der Waals surface area contributed by atoms with Crippen LogP contribution in [0.3, 0.4) is 0 Å². The van der Waals surface area contributed by atoms with Crippen LogP contribution in [0.5, 0.6) is 0 Å². The Morgan fingerprint density at radius 1 is 1.17 bits per heavy atom. The molecule has 1 aromatic carbocycles. The van der Waals surface area contributed by atoms with Crippen LogP contribution in [0.4, 0.5) is 0 Å². The summed E-state index contributed by atoms with van der Waals surface area (Å²) in [6, 6.07) is 11.6. The smallest absolute Gasteiger partial charge is 0.313 e. The third-order valence-corrected chi connectivity index (χ3v) is 4.82. The highest BCUT2D eigenvalue weighted by Gasteiger charge is 2.38. The first-order valence-corrected chi connectivity index (χ1v) is 8.43. The van der Waals surface area contributed by atoms with Crippen LogP contribution in [-0.2, 0) is 4.79 Å². The summed E-state index contributed by atoms with van der Waals surface area (Å²) in [5.41, 5.74) is 4.25. The van der Waals surface area contributed by atoms with Gasteiger partial charge in [0.05, 0.1) is 0 Å². The lowest BCUT2D eigenvalue weighted by Gasteiger charge is -2.31. The molecule has 2 atom stereocenters. The fraction of sp³-hybridized carbons (Fsp3) is 0.211. The van der Waals surface area contributed by atoms with Crippen LogP contribution in [0.2, 0.25) is 0 Å². The van der Waals surface area contributed by atoms with E-state index in [1.54, 1.807) is 19.3 Å². The maximum Gasteiger partial charge on any atom is 0.313 e. The number of carboxylic acid groups (broad SMARTS) is 1. The largest absolute Gasteiger partial charge is 0.481 e. The molecule has 2 heterocycles. The summed E-state index contributed by atoms with van der Waals surface area (Å²) in [4.78, 5) is 20.7. The summed E-state index contributed by atoms with van der Waals surface area (Å²) in [6.45, 7) is 3.71. The molecule has 2 aromatic rings. The molecule has 1 aliphatic rings. The molecular formula is C19H17BrN2O2. The average molecular weight is 385 g/mol. The minimum Gasteiger partial charge on any atom is -0.481 e. The van der Waals surface area contributed by atoms with Crippen LogP contribution in [0.15, 0.2) is 64.0 Å². The molecule has 0 spiro atoms. The van der Waals surface area contributed by atoms with Gasteiger partial charge in [-0.05, 0) is 48.7 Å². The highest BCUT2D eigenvalue weighted by Crippen LogP contribution is 2.44. The van der Waals surface area contributed by atoms with Gasteiger partial charge in [0.1, 0.15) is 5.92 Å². The first-order valence-electron chi connectivity index (χ1n) is 7.63. The van der Waals surface area contributed by atoms with Crippen molar-refractivity contribution in [3.63, 3.8) is 0 Å². The van der Waals surface area contributed by atoms with Crippen molar-refractivity contribution in [1.29, 1.82) is 0 Å². The number of aromatic nitrogens is 1. The van der Waals surface area contributed by atoms with Crippen molar-refractivity contribution in [2.75, 3.05) is 0 Å². The number of halogens is 1. The van der Waals surface area contributed by atoms with E-state index in [1.165, 1.54) is 0 Å². The molecule has 122 valence electrons. The van der Waals surface area contributed by atoms with Gasteiger partial charge in [-0.2, -0.15) is 0 Å². The molecule has 0 radical (unpaired) electrons. The molecule has 5 heteroatoms. The Morgan fingerprint density at radius 2 is 1.88 bits per heavy atom. The van der Waals surface area contributed by atoms with Gasteiger partial charge < -0.3 is 5.11 Å². The van der Waals surface area contributed by atoms with Gasteiger partial charge >= 0.3 is 5.97 Å². The number of aliphatic imine (C=N–C) groups is 1. The second-order valence-corrected chi connectivity index (χ2v) is 6.75. The summed E-state index contributed by atoms with van der Waals surface area (Å²) < 4.78 is 0.961. The van der Waals surface area contributed by atoms with E-state index in [0.29, 0.717) is 5.71 Å². The van der Waals surface area contributed by atoms with Crippen LogP contribution in [-0.4, -0.2) is 21.8 Å². The summed E-state index contributed by atoms with van der Waals surface area (Å²) in [5.74, 6) is -1.85. The summed E-state index contributed by atoms with van der Waals surface area (Å²) in [7, 11) is 0. The first kappa shape index (κ1) is 16.6. The topological polar surface area (TPSA) is 62.5 Å². The number of rotatable bonds is 3. The van der Waals surface area contributed by atoms with E-state index in [4.69, 9.17) is 0 Å². The lowest BCUT2D eigenvalue weighted by atomic mass is 9.74. The number of pyridine rings is 1. The molecule has 2 unspecified atom stereocenters. The average Bonchev–Trinajstić information content (AvgIpc) is 2.55. The normalized spacial score (nSPS) is 20.7. The van der Waals surface area contributed by atoms with Crippen molar-refractivity contribution in [2.45, 2.75) is 19.8 Å². The zero-order valence-corrected chi connectivity index (χ0v) is 15.0. The number of allylic oxidation sites excluding steroid dienone is 2.